The smallest absolute Gasteiger partial charge is 0.276 e. The van der Waals surface area contributed by atoms with Gasteiger partial charge in [-0.2, -0.15) is 0 Å². The Morgan fingerprint density at radius 1 is 1.19 bits per heavy atom. The van der Waals surface area contributed by atoms with Gasteiger partial charge in [-0.3, -0.25) is 20.4 Å². The third kappa shape index (κ3) is 8.13. The minimum Gasteiger partial charge on any atom is -0.483 e. The number of carbonyl (C=O) groups excluding carboxylic acids is 2. The maximum absolute atomic E-state index is 11.9. The molecule has 3 N–H and O–H groups in total. The summed E-state index contributed by atoms with van der Waals surface area (Å²) in [7, 11) is 0. The van der Waals surface area contributed by atoms with Gasteiger partial charge in [0.15, 0.2) is 11.7 Å². The number of benzene rings is 1. The number of hydrazine groups is 1. The van der Waals surface area contributed by atoms with E-state index in [2.05, 4.69) is 16.2 Å². The number of hydrogen-bond donors (Lipinski definition) is 3. The summed E-state index contributed by atoms with van der Waals surface area (Å²) < 4.78 is 5.43. The number of amides is 2. The van der Waals surface area contributed by atoms with Gasteiger partial charge in [-0.15, -0.1) is 0 Å². The Morgan fingerprint density at radius 3 is 2.63 bits per heavy atom. The predicted molar refractivity (Wildman–Crippen MR) is 110 cm³/mol. The highest BCUT2D eigenvalue weighted by Gasteiger charge is 2.15. The van der Waals surface area contributed by atoms with E-state index < -0.39 is 5.91 Å². The number of rotatable bonds is 6. The standard InChI is InChI=1S/C19H26ClN3O3S/c1-13-11-15(20)8-9-16(13)26-12-18(25)22-23-19(27)21-17(24)10-7-14-5-3-2-4-6-14/h8-9,11,14H,2-7,10,12H2,1H3,(H,22,25)(H2,21,23,24,27). The van der Waals surface area contributed by atoms with Crippen molar-refractivity contribution < 1.29 is 14.3 Å². The van der Waals surface area contributed by atoms with E-state index in [9.17, 15) is 9.59 Å². The first-order chi connectivity index (χ1) is 12.9. The molecule has 2 rings (SSSR count). The molecular formula is C19H26ClN3O3S. The number of ether oxygens (including phenoxy) is 1. The van der Waals surface area contributed by atoms with Gasteiger partial charge in [-0.25, -0.2) is 0 Å². The lowest BCUT2D eigenvalue weighted by Crippen LogP contribution is -2.49. The first-order valence-electron chi connectivity index (χ1n) is 9.21. The zero-order valence-corrected chi connectivity index (χ0v) is 17.0. The summed E-state index contributed by atoms with van der Waals surface area (Å²) in [6.07, 6.45) is 7.57. The van der Waals surface area contributed by atoms with Gasteiger partial charge < -0.3 is 10.1 Å². The van der Waals surface area contributed by atoms with Gasteiger partial charge >= 0.3 is 0 Å². The lowest BCUT2D eigenvalue weighted by Gasteiger charge is -2.21. The molecule has 6 nitrogen and oxygen atoms in total. The quantitative estimate of drug-likeness (QED) is 0.493. The van der Waals surface area contributed by atoms with Gasteiger partial charge in [0.1, 0.15) is 5.75 Å². The molecule has 0 bridgehead atoms. The van der Waals surface area contributed by atoms with Crippen LogP contribution in [0.1, 0.15) is 50.5 Å². The molecule has 148 valence electrons. The van der Waals surface area contributed by atoms with E-state index in [1.54, 1.807) is 18.2 Å². The Bertz CT molecular complexity index is 678. The SMILES string of the molecule is Cc1cc(Cl)ccc1OCC(=O)NNC(=S)NC(=O)CCC1CCCCC1. The van der Waals surface area contributed by atoms with Crippen molar-refractivity contribution in [2.75, 3.05) is 6.61 Å². The summed E-state index contributed by atoms with van der Waals surface area (Å²) in [5.74, 6) is 0.663. The van der Waals surface area contributed by atoms with Crippen LogP contribution in [0.15, 0.2) is 18.2 Å². The topological polar surface area (TPSA) is 79.5 Å². The van der Waals surface area contributed by atoms with Crippen molar-refractivity contribution in [3.63, 3.8) is 0 Å². The van der Waals surface area contributed by atoms with E-state index in [0.717, 1.165) is 12.0 Å². The molecule has 0 spiro atoms. The second-order valence-corrected chi connectivity index (χ2v) is 7.64. The fourth-order valence-corrected chi connectivity index (χ4v) is 3.50. The predicted octanol–water partition coefficient (Wildman–Crippen LogP) is 3.41. The van der Waals surface area contributed by atoms with Crippen molar-refractivity contribution >= 4 is 40.7 Å². The van der Waals surface area contributed by atoms with Crippen LogP contribution in [0.2, 0.25) is 5.02 Å². The van der Waals surface area contributed by atoms with Crippen LogP contribution in [-0.4, -0.2) is 23.5 Å². The molecule has 2 amide bonds. The molecule has 0 heterocycles. The van der Waals surface area contributed by atoms with Crippen LogP contribution >= 0.6 is 23.8 Å². The minimum atomic E-state index is -0.414. The number of aryl methyl sites for hydroxylation is 1. The number of thiocarbonyl (C=S) groups is 1. The highest BCUT2D eigenvalue weighted by molar-refractivity contribution is 7.80. The van der Waals surface area contributed by atoms with Crippen molar-refractivity contribution in [2.45, 2.75) is 51.9 Å². The molecular weight excluding hydrogens is 386 g/mol. The molecule has 0 unspecified atom stereocenters. The maximum Gasteiger partial charge on any atom is 0.276 e. The summed E-state index contributed by atoms with van der Waals surface area (Å²) in [6, 6.07) is 5.15. The van der Waals surface area contributed by atoms with E-state index in [1.807, 2.05) is 6.92 Å². The zero-order chi connectivity index (χ0) is 19.6. The lowest BCUT2D eigenvalue weighted by atomic mass is 9.86. The van der Waals surface area contributed by atoms with E-state index in [4.69, 9.17) is 28.6 Å². The van der Waals surface area contributed by atoms with Crippen molar-refractivity contribution in [3.8, 4) is 5.75 Å². The van der Waals surface area contributed by atoms with Gasteiger partial charge in [-0.1, -0.05) is 43.7 Å². The van der Waals surface area contributed by atoms with Crippen molar-refractivity contribution in [1.29, 1.82) is 0 Å². The average Bonchev–Trinajstić information content (AvgIpc) is 2.65. The second-order valence-electron chi connectivity index (χ2n) is 6.79. The monoisotopic (exact) mass is 411 g/mol. The minimum absolute atomic E-state index is 0.0691. The maximum atomic E-state index is 11.9. The van der Waals surface area contributed by atoms with E-state index in [0.29, 0.717) is 23.1 Å². The molecule has 1 saturated carbocycles. The summed E-state index contributed by atoms with van der Waals surface area (Å²) >= 11 is 10.9. The third-order valence-electron chi connectivity index (χ3n) is 4.57. The Labute approximate surface area is 170 Å². The summed E-state index contributed by atoms with van der Waals surface area (Å²) in [4.78, 5) is 23.7. The number of nitrogens with one attached hydrogen (secondary N) is 3. The Balaban J connectivity index is 1.61. The van der Waals surface area contributed by atoms with Crippen LogP contribution in [0.4, 0.5) is 0 Å². The Hall–Kier alpha value is -1.86. The van der Waals surface area contributed by atoms with Crippen molar-refractivity contribution in [2.24, 2.45) is 5.92 Å². The third-order valence-corrected chi connectivity index (χ3v) is 5.01. The highest BCUT2D eigenvalue weighted by Crippen LogP contribution is 2.27. The first-order valence-corrected chi connectivity index (χ1v) is 10.0. The molecule has 0 radical (unpaired) electrons. The van der Waals surface area contributed by atoms with Gasteiger partial charge in [0.05, 0.1) is 0 Å². The van der Waals surface area contributed by atoms with Crippen LogP contribution in [0.25, 0.3) is 0 Å². The Morgan fingerprint density at radius 2 is 1.93 bits per heavy atom. The summed E-state index contributed by atoms with van der Waals surface area (Å²) in [5, 5.41) is 3.25. The largest absolute Gasteiger partial charge is 0.483 e. The number of carbonyl (C=O) groups is 2. The molecule has 1 aromatic carbocycles. The summed E-state index contributed by atoms with van der Waals surface area (Å²) in [5.41, 5.74) is 5.75. The van der Waals surface area contributed by atoms with Crippen molar-refractivity contribution in [3.05, 3.63) is 28.8 Å². The number of halogens is 1. The molecule has 1 aliphatic carbocycles. The molecule has 0 atom stereocenters. The summed E-state index contributed by atoms with van der Waals surface area (Å²) in [6.45, 7) is 1.66. The molecule has 1 aliphatic rings. The van der Waals surface area contributed by atoms with E-state index in [1.165, 1.54) is 32.1 Å². The molecule has 0 aliphatic heterocycles. The van der Waals surface area contributed by atoms with Crippen LogP contribution in [0.3, 0.4) is 0 Å². The van der Waals surface area contributed by atoms with Crippen molar-refractivity contribution in [1.82, 2.24) is 16.2 Å². The zero-order valence-electron chi connectivity index (χ0n) is 15.5. The molecule has 0 aromatic heterocycles. The number of hydrogen-bond acceptors (Lipinski definition) is 4. The average molecular weight is 412 g/mol. The first kappa shape index (κ1) is 21.4. The van der Waals surface area contributed by atoms with Gasteiger partial charge in [0, 0.05) is 11.4 Å². The highest BCUT2D eigenvalue weighted by atomic mass is 35.5. The van der Waals surface area contributed by atoms with Crippen LogP contribution in [0, 0.1) is 12.8 Å². The normalized spacial score (nSPS) is 14.3. The van der Waals surface area contributed by atoms with Crippen LogP contribution in [0.5, 0.6) is 5.75 Å². The molecule has 27 heavy (non-hydrogen) atoms. The molecule has 8 heteroatoms. The van der Waals surface area contributed by atoms with Crippen LogP contribution < -0.4 is 20.9 Å². The molecule has 0 saturated heterocycles. The van der Waals surface area contributed by atoms with Gasteiger partial charge in [0.2, 0.25) is 5.91 Å². The van der Waals surface area contributed by atoms with E-state index in [-0.39, 0.29) is 17.6 Å². The molecule has 1 aromatic rings. The molecule has 1 fully saturated rings. The Kier molecular flexibility index (Phi) is 8.81. The van der Waals surface area contributed by atoms with Crippen LogP contribution in [-0.2, 0) is 9.59 Å². The lowest BCUT2D eigenvalue weighted by molar-refractivity contribution is -0.124. The van der Waals surface area contributed by atoms with Gasteiger partial charge in [0.25, 0.3) is 5.91 Å². The van der Waals surface area contributed by atoms with E-state index >= 15 is 0 Å². The fourth-order valence-electron chi connectivity index (χ4n) is 3.11. The fraction of sp³-hybridized carbons (Fsp3) is 0.526. The second kappa shape index (κ2) is 11.1. The van der Waals surface area contributed by atoms with Gasteiger partial charge in [-0.05, 0) is 55.2 Å².